The van der Waals surface area contributed by atoms with Crippen molar-refractivity contribution in [3.8, 4) is 0 Å². The van der Waals surface area contributed by atoms with E-state index in [2.05, 4.69) is 6.92 Å². The molecule has 0 radical (unpaired) electrons. The summed E-state index contributed by atoms with van der Waals surface area (Å²) in [5.74, 6) is -1.03. The Bertz CT molecular complexity index is 388. The first-order chi connectivity index (χ1) is 8.71. The molecule has 0 amide bonds. The van der Waals surface area contributed by atoms with Gasteiger partial charge in [0.25, 0.3) is 0 Å². The summed E-state index contributed by atoms with van der Waals surface area (Å²) >= 11 is 0. The molecule has 0 bridgehead atoms. The van der Waals surface area contributed by atoms with E-state index in [1.54, 1.807) is 0 Å². The lowest BCUT2D eigenvalue weighted by Crippen LogP contribution is -2.29. The van der Waals surface area contributed by atoms with Gasteiger partial charge in [-0.1, -0.05) is 13.8 Å². The third kappa shape index (κ3) is 2.18. The van der Waals surface area contributed by atoms with E-state index < -0.39 is 18.2 Å². The number of carboxylic acid groups (broad SMARTS) is 1. The summed E-state index contributed by atoms with van der Waals surface area (Å²) in [6.07, 6.45) is 1.23. The fraction of sp³-hybridized carbons (Fsp3) is 0.929. The number of aliphatic carboxylic acids is 1. The van der Waals surface area contributed by atoms with Gasteiger partial charge in [0.2, 0.25) is 0 Å². The molecule has 2 aliphatic rings. The Morgan fingerprint density at radius 3 is 2.47 bits per heavy atom. The van der Waals surface area contributed by atoms with Crippen LogP contribution in [-0.4, -0.2) is 40.0 Å². The molecule has 5 atom stereocenters. The van der Waals surface area contributed by atoms with Crippen LogP contribution >= 0.6 is 0 Å². The minimum Gasteiger partial charge on any atom is -0.481 e. The molecule has 1 spiro atoms. The smallest absolute Gasteiger partial charge is 0.305 e. The highest BCUT2D eigenvalue weighted by atomic mass is 16.4. The lowest BCUT2D eigenvalue weighted by Gasteiger charge is -2.23. The second-order valence-electron chi connectivity index (χ2n) is 6.96. The fourth-order valence-corrected chi connectivity index (χ4v) is 4.26. The fourth-order valence-electron chi connectivity index (χ4n) is 4.26. The molecule has 5 nitrogen and oxygen atoms in total. The van der Waals surface area contributed by atoms with E-state index in [-0.39, 0.29) is 29.1 Å². The van der Waals surface area contributed by atoms with Crippen molar-refractivity contribution in [2.45, 2.75) is 58.2 Å². The summed E-state index contributed by atoms with van der Waals surface area (Å²) in [6, 6.07) is 0. The molecule has 0 aromatic heterocycles. The van der Waals surface area contributed by atoms with Gasteiger partial charge in [-0.3, -0.25) is 4.79 Å². The van der Waals surface area contributed by atoms with Gasteiger partial charge in [-0.2, -0.15) is 0 Å². The number of hydrogen-bond acceptors (Lipinski definition) is 4. The molecule has 0 aromatic carbocycles. The van der Waals surface area contributed by atoms with E-state index in [4.69, 9.17) is 10.8 Å². The van der Waals surface area contributed by atoms with Crippen molar-refractivity contribution in [2.75, 3.05) is 6.54 Å². The zero-order valence-electron chi connectivity index (χ0n) is 11.7. The largest absolute Gasteiger partial charge is 0.481 e. The van der Waals surface area contributed by atoms with Crippen LogP contribution in [0.2, 0.25) is 0 Å². The van der Waals surface area contributed by atoms with Crippen molar-refractivity contribution in [3.63, 3.8) is 0 Å². The van der Waals surface area contributed by atoms with Crippen molar-refractivity contribution in [1.82, 2.24) is 0 Å². The summed E-state index contributed by atoms with van der Waals surface area (Å²) in [5, 5.41) is 28.6. The van der Waals surface area contributed by atoms with E-state index in [1.807, 2.05) is 6.92 Å². The van der Waals surface area contributed by atoms with Gasteiger partial charge in [0, 0.05) is 11.8 Å². The first-order valence-corrected chi connectivity index (χ1v) is 6.99. The first kappa shape index (κ1) is 14.8. The zero-order valence-corrected chi connectivity index (χ0v) is 11.7. The lowest BCUT2D eigenvalue weighted by molar-refractivity contribution is -0.139. The molecular weight excluding hydrogens is 246 g/mol. The molecule has 5 N–H and O–H groups in total. The number of aliphatic hydroxyl groups is 2. The maximum absolute atomic E-state index is 10.5. The predicted octanol–water partition coefficient (Wildman–Crippen LogP) is 0.728. The highest BCUT2D eigenvalue weighted by Gasteiger charge is 2.83. The number of aliphatic hydroxyl groups excluding tert-OH is 2. The van der Waals surface area contributed by atoms with Gasteiger partial charge in [-0.05, 0) is 36.6 Å². The van der Waals surface area contributed by atoms with Crippen LogP contribution in [-0.2, 0) is 4.79 Å². The van der Waals surface area contributed by atoms with Gasteiger partial charge < -0.3 is 21.1 Å². The van der Waals surface area contributed by atoms with Gasteiger partial charge in [0.1, 0.15) is 0 Å². The summed E-state index contributed by atoms with van der Waals surface area (Å²) in [7, 11) is 0. The molecule has 0 saturated heterocycles. The van der Waals surface area contributed by atoms with E-state index in [1.165, 1.54) is 0 Å². The molecule has 5 unspecified atom stereocenters. The van der Waals surface area contributed by atoms with Crippen LogP contribution in [0.3, 0.4) is 0 Å². The van der Waals surface area contributed by atoms with Crippen LogP contribution < -0.4 is 5.73 Å². The maximum atomic E-state index is 10.5. The topological polar surface area (TPSA) is 104 Å². The summed E-state index contributed by atoms with van der Waals surface area (Å²) in [6.45, 7) is 4.92. The van der Waals surface area contributed by atoms with Crippen LogP contribution in [0.4, 0.5) is 0 Å². The average Bonchev–Trinajstić information content (AvgIpc) is 3.03. The highest BCUT2D eigenvalue weighted by Crippen LogP contribution is 2.89. The zero-order chi connectivity index (χ0) is 14.5. The van der Waals surface area contributed by atoms with Crippen LogP contribution in [0.15, 0.2) is 0 Å². The van der Waals surface area contributed by atoms with E-state index in [9.17, 15) is 15.0 Å². The molecule has 2 fully saturated rings. The second-order valence-corrected chi connectivity index (χ2v) is 6.96. The van der Waals surface area contributed by atoms with Crippen LogP contribution in [0, 0.1) is 16.2 Å². The monoisotopic (exact) mass is 271 g/mol. The number of hydrogen-bond donors (Lipinski definition) is 4. The van der Waals surface area contributed by atoms with Crippen LogP contribution in [0.1, 0.15) is 46.0 Å². The molecule has 2 aliphatic carbocycles. The highest BCUT2D eigenvalue weighted by molar-refractivity contribution is 5.67. The predicted molar refractivity (Wildman–Crippen MR) is 70.4 cm³/mol. The second kappa shape index (κ2) is 4.43. The van der Waals surface area contributed by atoms with E-state index in [0.717, 1.165) is 19.3 Å². The Labute approximate surface area is 113 Å². The standard InChI is InChI=1S/C14H25NO4/c1-12(3-4-15)7-14(12)8-13(14,2)10(17)5-9(16)6-11(18)19/h9-10,16-17H,3-8,15H2,1-2H3,(H,18,19). The molecule has 0 heterocycles. The number of carbonyl (C=O) groups is 1. The van der Waals surface area contributed by atoms with Crippen LogP contribution in [0.5, 0.6) is 0 Å². The van der Waals surface area contributed by atoms with Crippen LogP contribution in [0.25, 0.3) is 0 Å². The van der Waals surface area contributed by atoms with E-state index >= 15 is 0 Å². The molecule has 19 heavy (non-hydrogen) atoms. The Balaban J connectivity index is 1.92. The van der Waals surface area contributed by atoms with Crippen molar-refractivity contribution in [3.05, 3.63) is 0 Å². The third-order valence-electron chi connectivity index (χ3n) is 5.70. The van der Waals surface area contributed by atoms with Gasteiger partial charge in [-0.25, -0.2) is 0 Å². The van der Waals surface area contributed by atoms with Gasteiger partial charge in [0.15, 0.2) is 0 Å². The molecule has 2 saturated carbocycles. The number of rotatable bonds is 7. The molecule has 0 aliphatic heterocycles. The van der Waals surface area contributed by atoms with Gasteiger partial charge >= 0.3 is 5.97 Å². The Hall–Kier alpha value is -0.650. The summed E-state index contributed by atoms with van der Waals surface area (Å²) < 4.78 is 0. The number of nitrogens with two attached hydrogens (primary N) is 1. The Morgan fingerprint density at radius 2 is 1.95 bits per heavy atom. The Morgan fingerprint density at radius 1 is 1.32 bits per heavy atom. The summed E-state index contributed by atoms with van der Waals surface area (Å²) in [5.41, 5.74) is 5.84. The number of carboxylic acids is 1. The minimum atomic E-state index is -1.03. The van der Waals surface area contributed by atoms with Gasteiger partial charge in [-0.15, -0.1) is 0 Å². The van der Waals surface area contributed by atoms with Crippen molar-refractivity contribution >= 4 is 5.97 Å². The minimum absolute atomic E-state index is 0.142. The maximum Gasteiger partial charge on any atom is 0.305 e. The van der Waals surface area contributed by atoms with Crippen molar-refractivity contribution in [2.24, 2.45) is 22.0 Å². The van der Waals surface area contributed by atoms with Gasteiger partial charge in [0.05, 0.1) is 18.6 Å². The Kier molecular flexibility index (Phi) is 3.44. The van der Waals surface area contributed by atoms with E-state index in [0.29, 0.717) is 6.54 Å². The molecule has 5 heteroatoms. The van der Waals surface area contributed by atoms with Crippen molar-refractivity contribution in [1.29, 1.82) is 0 Å². The quantitative estimate of drug-likeness (QED) is 0.546. The molecular formula is C14H25NO4. The third-order valence-corrected chi connectivity index (χ3v) is 5.70. The van der Waals surface area contributed by atoms with Crippen molar-refractivity contribution < 1.29 is 20.1 Å². The molecule has 110 valence electrons. The molecule has 2 rings (SSSR count). The average molecular weight is 271 g/mol. The molecule has 0 aromatic rings. The normalized spacial score (nSPS) is 43.0. The first-order valence-electron chi connectivity index (χ1n) is 6.99. The SMILES string of the molecule is CC1(CCN)CC12CC2(C)C(O)CC(O)CC(=O)O. The summed E-state index contributed by atoms with van der Waals surface area (Å²) in [4.78, 5) is 10.5. The lowest BCUT2D eigenvalue weighted by atomic mass is 9.88.